The molecule has 15 heavy (non-hydrogen) atoms. The summed E-state index contributed by atoms with van der Waals surface area (Å²) in [5.74, 6) is -0.282. The zero-order chi connectivity index (χ0) is 10.8. The number of imide groups is 1. The molecule has 5 heteroatoms. The molecule has 0 aliphatic carbocycles. The Bertz CT molecular complexity index is 402. The van der Waals surface area contributed by atoms with Crippen molar-refractivity contribution in [1.29, 1.82) is 0 Å². The van der Waals surface area contributed by atoms with Gasteiger partial charge in [-0.3, -0.25) is 10.1 Å². The molecule has 0 spiro atoms. The maximum atomic E-state index is 11.2. The van der Waals surface area contributed by atoms with E-state index in [1.165, 1.54) is 0 Å². The third-order valence-corrected chi connectivity index (χ3v) is 2.46. The third-order valence-electron chi connectivity index (χ3n) is 2.21. The number of carbonyl (C=O) groups is 2. The maximum absolute atomic E-state index is 11.2. The standard InChI is InChI=1S/C10H9ClN2O2/c11-7-3-1-6(2-4-7)5-8-9(14)13-10(15)12-8/h1-4,8H,5H2,(H2,12,13,14,15)/t8-/m0/s1. The molecule has 1 aliphatic rings. The molecule has 1 aromatic rings. The summed E-state index contributed by atoms with van der Waals surface area (Å²) in [4.78, 5) is 22.1. The van der Waals surface area contributed by atoms with Crippen LogP contribution in [0, 0.1) is 0 Å². The first-order valence-electron chi connectivity index (χ1n) is 4.51. The van der Waals surface area contributed by atoms with Gasteiger partial charge in [0.15, 0.2) is 0 Å². The molecule has 1 atom stereocenters. The first-order chi connectivity index (χ1) is 7.15. The summed E-state index contributed by atoms with van der Waals surface area (Å²) in [6.07, 6.45) is 0.481. The Hall–Kier alpha value is -1.55. The minimum atomic E-state index is -0.473. The summed E-state index contributed by atoms with van der Waals surface area (Å²) in [6, 6.07) is 6.27. The van der Waals surface area contributed by atoms with Gasteiger partial charge in [-0.1, -0.05) is 23.7 Å². The van der Waals surface area contributed by atoms with Gasteiger partial charge < -0.3 is 5.32 Å². The molecule has 78 valence electrons. The van der Waals surface area contributed by atoms with E-state index in [2.05, 4.69) is 10.6 Å². The Balaban J connectivity index is 2.06. The van der Waals surface area contributed by atoms with Gasteiger partial charge in [0, 0.05) is 11.4 Å². The number of urea groups is 1. The van der Waals surface area contributed by atoms with Gasteiger partial charge in [-0.25, -0.2) is 4.79 Å². The molecule has 0 aromatic heterocycles. The average molecular weight is 225 g/mol. The number of hydrogen-bond acceptors (Lipinski definition) is 2. The van der Waals surface area contributed by atoms with Gasteiger partial charge in [0.1, 0.15) is 6.04 Å². The van der Waals surface area contributed by atoms with Crippen LogP contribution in [0.5, 0.6) is 0 Å². The molecule has 2 N–H and O–H groups in total. The second kappa shape index (κ2) is 3.90. The third kappa shape index (κ3) is 2.27. The van der Waals surface area contributed by atoms with Crippen LogP contribution in [0.4, 0.5) is 4.79 Å². The molecule has 1 aromatic carbocycles. The summed E-state index contributed by atoms with van der Waals surface area (Å²) in [5, 5.41) is 5.37. The van der Waals surface area contributed by atoms with Crippen molar-refractivity contribution >= 4 is 23.5 Å². The molecule has 1 heterocycles. The predicted octanol–water partition coefficient (Wildman–Crippen LogP) is 1.09. The molecule has 2 rings (SSSR count). The zero-order valence-electron chi connectivity index (χ0n) is 7.79. The first-order valence-corrected chi connectivity index (χ1v) is 4.89. The van der Waals surface area contributed by atoms with Crippen LogP contribution < -0.4 is 10.6 Å². The van der Waals surface area contributed by atoms with E-state index in [1.54, 1.807) is 12.1 Å². The van der Waals surface area contributed by atoms with Gasteiger partial charge in [0.2, 0.25) is 0 Å². The number of benzene rings is 1. The molecular formula is C10H9ClN2O2. The van der Waals surface area contributed by atoms with Crippen molar-refractivity contribution in [3.8, 4) is 0 Å². The number of halogens is 1. The van der Waals surface area contributed by atoms with Crippen LogP contribution in [0.2, 0.25) is 5.02 Å². The van der Waals surface area contributed by atoms with E-state index in [0.29, 0.717) is 11.4 Å². The number of rotatable bonds is 2. The number of nitrogens with one attached hydrogen (secondary N) is 2. The van der Waals surface area contributed by atoms with Gasteiger partial charge in [0.25, 0.3) is 5.91 Å². The van der Waals surface area contributed by atoms with Crippen LogP contribution in [-0.2, 0) is 11.2 Å². The van der Waals surface area contributed by atoms with Crippen molar-refractivity contribution in [2.45, 2.75) is 12.5 Å². The lowest BCUT2D eigenvalue weighted by Crippen LogP contribution is -2.30. The highest BCUT2D eigenvalue weighted by Gasteiger charge is 2.29. The zero-order valence-corrected chi connectivity index (χ0v) is 8.54. The fraction of sp³-hybridized carbons (Fsp3) is 0.200. The topological polar surface area (TPSA) is 58.2 Å². The Morgan fingerprint density at radius 2 is 1.87 bits per heavy atom. The Labute approximate surface area is 91.6 Å². The predicted molar refractivity (Wildman–Crippen MR) is 55.6 cm³/mol. The SMILES string of the molecule is O=C1NC(=O)[C@H](Cc2ccc(Cl)cc2)N1. The molecular weight excluding hydrogens is 216 g/mol. The Morgan fingerprint density at radius 1 is 1.20 bits per heavy atom. The van der Waals surface area contributed by atoms with Gasteiger partial charge >= 0.3 is 6.03 Å². The summed E-state index contributed by atoms with van der Waals surface area (Å²) >= 11 is 5.73. The van der Waals surface area contributed by atoms with Gasteiger partial charge in [-0.05, 0) is 17.7 Å². The van der Waals surface area contributed by atoms with Crippen molar-refractivity contribution in [3.05, 3.63) is 34.9 Å². The summed E-state index contributed by atoms with van der Waals surface area (Å²) < 4.78 is 0. The maximum Gasteiger partial charge on any atom is 0.322 e. The van der Waals surface area contributed by atoms with Crippen molar-refractivity contribution in [1.82, 2.24) is 10.6 Å². The fourth-order valence-electron chi connectivity index (χ4n) is 1.46. The van der Waals surface area contributed by atoms with Gasteiger partial charge in [-0.2, -0.15) is 0 Å². The summed E-state index contributed by atoms with van der Waals surface area (Å²) in [7, 11) is 0. The minimum absolute atomic E-state index is 0.282. The van der Waals surface area contributed by atoms with Crippen LogP contribution in [-0.4, -0.2) is 18.0 Å². The van der Waals surface area contributed by atoms with Crippen molar-refractivity contribution in [2.24, 2.45) is 0 Å². The van der Waals surface area contributed by atoms with Crippen molar-refractivity contribution in [3.63, 3.8) is 0 Å². The molecule has 0 unspecified atom stereocenters. The fourth-order valence-corrected chi connectivity index (χ4v) is 1.58. The molecule has 1 aliphatic heterocycles. The van der Waals surface area contributed by atoms with E-state index in [9.17, 15) is 9.59 Å². The Kier molecular flexibility index (Phi) is 2.60. The van der Waals surface area contributed by atoms with Crippen LogP contribution in [0.25, 0.3) is 0 Å². The van der Waals surface area contributed by atoms with E-state index < -0.39 is 12.1 Å². The van der Waals surface area contributed by atoms with Crippen molar-refractivity contribution in [2.75, 3.05) is 0 Å². The molecule has 0 bridgehead atoms. The second-order valence-corrected chi connectivity index (χ2v) is 3.78. The van der Waals surface area contributed by atoms with E-state index in [-0.39, 0.29) is 5.91 Å². The molecule has 4 nitrogen and oxygen atoms in total. The van der Waals surface area contributed by atoms with Gasteiger partial charge in [-0.15, -0.1) is 0 Å². The van der Waals surface area contributed by atoms with Crippen molar-refractivity contribution < 1.29 is 9.59 Å². The highest BCUT2D eigenvalue weighted by molar-refractivity contribution is 6.30. The van der Waals surface area contributed by atoms with E-state index in [1.807, 2.05) is 12.1 Å². The lowest BCUT2D eigenvalue weighted by molar-refractivity contribution is -0.120. The molecule has 0 saturated carbocycles. The lowest BCUT2D eigenvalue weighted by Gasteiger charge is -2.06. The molecule has 3 amide bonds. The first kappa shape index (κ1) is 9.98. The largest absolute Gasteiger partial charge is 0.326 e. The van der Waals surface area contributed by atoms with Crippen LogP contribution in [0.15, 0.2) is 24.3 Å². The number of amides is 3. The van der Waals surface area contributed by atoms with Gasteiger partial charge in [0.05, 0.1) is 0 Å². The molecule has 1 saturated heterocycles. The quantitative estimate of drug-likeness (QED) is 0.739. The van der Waals surface area contributed by atoms with E-state index in [0.717, 1.165) is 5.56 Å². The highest BCUT2D eigenvalue weighted by atomic mass is 35.5. The highest BCUT2D eigenvalue weighted by Crippen LogP contribution is 2.12. The normalized spacial score (nSPS) is 19.9. The molecule has 1 fully saturated rings. The summed E-state index contributed by atoms with van der Waals surface area (Å²) in [5.41, 5.74) is 0.960. The second-order valence-electron chi connectivity index (χ2n) is 3.35. The molecule has 0 radical (unpaired) electrons. The monoisotopic (exact) mass is 224 g/mol. The summed E-state index contributed by atoms with van der Waals surface area (Å²) in [6.45, 7) is 0. The average Bonchev–Trinajstić information content (AvgIpc) is 2.49. The Morgan fingerprint density at radius 3 is 2.40 bits per heavy atom. The minimum Gasteiger partial charge on any atom is -0.326 e. The number of hydrogen-bond donors (Lipinski definition) is 2. The van der Waals surface area contributed by atoms with E-state index in [4.69, 9.17) is 11.6 Å². The van der Waals surface area contributed by atoms with Crippen LogP contribution in [0.1, 0.15) is 5.56 Å². The smallest absolute Gasteiger partial charge is 0.322 e. The van der Waals surface area contributed by atoms with E-state index >= 15 is 0 Å². The number of carbonyl (C=O) groups excluding carboxylic acids is 2. The lowest BCUT2D eigenvalue weighted by atomic mass is 10.1. The van der Waals surface area contributed by atoms with Crippen LogP contribution >= 0.6 is 11.6 Å². The van der Waals surface area contributed by atoms with Crippen LogP contribution in [0.3, 0.4) is 0 Å².